The van der Waals surface area contributed by atoms with E-state index in [1.807, 2.05) is 109 Å². The molecule has 1 aliphatic heterocycles. The zero-order chi connectivity index (χ0) is 34.1. The summed E-state index contributed by atoms with van der Waals surface area (Å²) in [6.07, 6.45) is 4.26. The van der Waals surface area contributed by atoms with Crippen LogP contribution < -0.4 is 0 Å². The second kappa shape index (κ2) is 11.6. The van der Waals surface area contributed by atoms with Gasteiger partial charge in [0.05, 0.1) is 23.8 Å². The van der Waals surface area contributed by atoms with Crippen LogP contribution in [-0.2, 0) is 31.1 Å². The molecule has 5 aromatic rings. The van der Waals surface area contributed by atoms with Gasteiger partial charge < -0.3 is 5.11 Å². The van der Waals surface area contributed by atoms with Crippen molar-refractivity contribution in [1.29, 1.82) is 0 Å². The van der Waals surface area contributed by atoms with Crippen LogP contribution in [0.4, 0.5) is 0 Å². The first-order chi connectivity index (χ1) is 24.4. The van der Waals surface area contributed by atoms with Crippen molar-refractivity contribution in [1.82, 2.24) is 4.90 Å². The van der Waals surface area contributed by atoms with Crippen molar-refractivity contribution in [3.63, 3.8) is 0 Å². The van der Waals surface area contributed by atoms with E-state index in [2.05, 4.69) is 6.08 Å². The Morgan fingerprint density at radius 3 is 2.22 bits per heavy atom. The molecule has 4 aliphatic rings. The van der Waals surface area contributed by atoms with Crippen LogP contribution in [0.1, 0.15) is 40.3 Å². The van der Waals surface area contributed by atoms with E-state index in [1.165, 1.54) is 22.3 Å². The highest BCUT2D eigenvalue weighted by Gasteiger charge is 2.66. The minimum atomic E-state index is -1.33. The van der Waals surface area contributed by atoms with Gasteiger partial charge in [-0.15, -0.1) is 11.3 Å². The standard InChI is InChI=1S/C43H33NO5S/c45-36-20-19-30(28-15-7-8-16-29(28)36)39-31-17-18-32-38(42(49)44(41(32)48)24-27-14-9-21-50-27)34(31)22-35-40(47)33(25-10-3-1-4-11-25)23-37(46)43(35,39)26-12-5-2-6-13-26/h1-17,19-21,23,32,34-35,38-39,45H,18,22,24H2. The number of ketones is 2. The molecule has 7 heteroatoms. The third-order valence-corrected chi connectivity index (χ3v) is 12.5. The monoisotopic (exact) mass is 675 g/mol. The molecular weight excluding hydrogens is 643 g/mol. The Morgan fingerprint density at radius 2 is 1.48 bits per heavy atom. The maximum absolute atomic E-state index is 15.3. The number of hydrogen-bond acceptors (Lipinski definition) is 6. The maximum Gasteiger partial charge on any atom is 0.234 e. The molecule has 0 radical (unpaired) electrons. The minimum absolute atomic E-state index is 0.123. The summed E-state index contributed by atoms with van der Waals surface area (Å²) in [7, 11) is 0. The Morgan fingerprint density at radius 1 is 0.760 bits per heavy atom. The summed E-state index contributed by atoms with van der Waals surface area (Å²) in [6.45, 7) is 0.228. The Kier molecular flexibility index (Phi) is 7.11. The SMILES string of the molecule is O=C1C(c2ccccc2)=CC(=O)C2(c3ccccc3)C1CC1C(=CCC3C(=O)N(Cc4cccs4)C(=O)C31)C2c1ccc(O)c2ccccc12. The van der Waals surface area contributed by atoms with Crippen molar-refractivity contribution < 1.29 is 24.3 Å². The lowest BCUT2D eigenvalue weighted by atomic mass is 9.44. The van der Waals surface area contributed by atoms with Gasteiger partial charge in [-0.3, -0.25) is 24.1 Å². The number of Topliss-reactive ketones (excluding diaryl/α,β-unsaturated/α-hetero) is 1. The molecule has 2 heterocycles. The van der Waals surface area contributed by atoms with Gasteiger partial charge in [0.2, 0.25) is 11.8 Å². The van der Waals surface area contributed by atoms with Gasteiger partial charge in [-0.2, -0.15) is 0 Å². The van der Waals surface area contributed by atoms with Crippen LogP contribution in [-0.4, -0.2) is 33.4 Å². The molecule has 6 atom stereocenters. The molecule has 6 unspecified atom stereocenters. The fourth-order valence-electron chi connectivity index (χ4n) is 9.56. The molecule has 3 aliphatic carbocycles. The van der Waals surface area contributed by atoms with Crippen LogP contribution in [0.15, 0.2) is 132 Å². The summed E-state index contributed by atoms with van der Waals surface area (Å²) in [5.41, 5.74) is 2.19. The van der Waals surface area contributed by atoms with Crippen molar-refractivity contribution in [2.45, 2.75) is 30.7 Å². The van der Waals surface area contributed by atoms with E-state index < -0.39 is 35.0 Å². The van der Waals surface area contributed by atoms with Gasteiger partial charge in [0.25, 0.3) is 0 Å². The first-order valence-corrected chi connectivity index (χ1v) is 18.0. The van der Waals surface area contributed by atoms with E-state index in [-0.39, 0.29) is 42.1 Å². The summed E-state index contributed by atoms with van der Waals surface area (Å²) in [5, 5.41) is 14.3. The number of fused-ring (bicyclic) bond motifs is 5. The fraction of sp³-hybridized carbons (Fsp3) is 0.209. The largest absolute Gasteiger partial charge is 0.507 e. The van der Waals surface area contributed by atoms with Crippen LogP contribution in [0.2, 0.25) is 0 Å². The number of thiophene rings is 1. The summed E-state index contributed by atoms with van der Waals surface area (Å²) >= 11 is 1.51. The van der Waals surface area contributed by atoms with Gasteiger partial charge in [-0.1, -0.05) is 109 Å². The van der Waals surface area contributed by atoms with Crippen LogP contribution in [0, 0.1) is 23.7 Å². The number of rotatable bonds is 5. The average molecular weight is 676 g/mol. The number of amides is 2. The number of likely N-dealkylation sites (tertiary alicyclic amines) is 1. The smallest absolute Gasteiger partial charge is 0.234 e. The predicted octanol–water partition coefficient (Wildman–Crippen LogP) is 7.63. The average Bonchev–Trinajstić information content (AvgIpc) is 3.76. The Balaban J connectivity index is 1.30. The van der Waals surface area contributed by atoms with Crippen molar-refractivity contribution in [3.8, 4) is 5.75 Å². The Bertz CT molecular complexity index is 2270. The van der Waals surface area contributed by atoms with E-state index in [4.69, 9.17) is 0 Å². The molecule has 246 valence electrons. The number of phenolic OH excluding ortho intramolecular Hbond substituents is 1. The molecule has 1 N–H and O–H groups in total. The molecule has 50 heavy (non-hydrogen) atoms. The fourth-order valence-corrected chi connectivity index (χ4v) is 10.2. The molecule has 0 bridgehead atoms. The molecule has 2 fully saturated rings. The summed E-state index contributed by atoms with van der Waals surface area (Å²) < 4.78 is 0. The van der Waals surface area contributed by atoms with Gasteiger partial charge in [0.1, 0.15) is 5.75 Å². The second-order valence-corrected chi connectivity index (χ2v) is 14.9. The zero-order valence-corrected chi connectivity index (χ0v) is 27.9. The number of carbonyl (C=O) groups is 4. The van der Waals surface area contributed by atoms with Crippen LogP contribution in [0.25, 0.3) is 16.3 Å². The van der Waals surface area contributed by atoms with E-state index in [1.54, 1.807) is 6.07 Å². The maximum atomic E-state index is 15.3. The highest BCUT2D eigenvalue weighted by atomic mass is 32.1. The van der Waals surface area contributed by atoms with Crippen molar-refractivity contribution in [2.75, 3.05) is 0 Å². The Hall–Kier alpha value is -5.40. The van der Waals surface area contributed by atoms with Gasteiger partial charge >= 0.3 is 0 Å². The molecule has 1 saturated carbocycles. The van der Waals surface area contributed by atoms with Crippen LogP contribution in [0.3, 0.4) is 0 Å². The Labute approximate surface area is 293 Å². The number of imide groups is 1. The van der Waals surface area contributed by atoms with E-state index in [0.717, 1.165) is 27.0 Å². The van der Waals surface area contributed by atoms with Gasteiger partial charge in [-0.05, 0) is 64.4 Å². The van der Waals surface area contributed by atoms with Crippen molar-refractivity contribution in [2.24, 2.45) is 23.7 Å². The lowest BCUT2D eigenvalue weighted by Gasteiger charge is -2.55. The number of hydrogen-bond donors (Lipinski definition) is 1. The number of phenols is 1. The quantitative estimate of drug-likeness (QED) is 0.153. The van der Waals surface area contributed by atoms with E-state index in [0.29, 0.717) is 22.9 Å². The molecular formula is C43H33NO5S. The third kappa shape index (κ3) is 4.32. The number of benzene rings is 4. The molecule has 1 saturated heterocycles. The molecule has 4 aromatic carbocycles. The predicted molar refractivity (Wildman–Crippen MR) is 192 cm³/mol. The van der Waals surface area contributed by atoms with Crippen LogP contribution in [0.5, 0.6) is 5.75 Å². The highest BCUT2D eigenvalue weighted by Crippen LogP contribution is 2.64. The van der Waals surface area contributed by atoms with E-state index in [9.17, 15) is 14.7 Å². The topological polar surface area (TPSA) is 91.8 Å². The van der Waals surface area contributed by atoms with Gasteiger partial charge in [0, 0.05) is 27.7 Å². The zero-order valence-electron chi connectivity index (χ0n) is 27.1. The lowest BCUT2D eigenvalue weighted by Crippen LogP contribution is -2.58. The highest BCUT2D eigenvalue weighted by molar-refractivity contribution is 7.09. The number of nitrogens with zero attached hydrogens (tertiary/aromatic N) is 1. The normalized spacial score (nSPS) is 27.4. The minimum Gasteiger partial charge on any atom is -0.507 e. The molecule has 0 spiro atoms. The van der Waals surface area contributed by atoms with Crippen molar-refractivity contribution >= 4 is 51.1 Å². The van der Waals surface area contributed by atoms with Crippen molar-refractivity contribution in [3.05, 3.63) is 154 Å². The molecule has 6 nitrogen and oxygen atoms in total. The lowest BCUT2D eigenvalue weighted by molar-refractivity contribution is -0.141. The van der Waals surface area contributed by atoms with Crippen LogP contribution >= 0.6 is 11.3 Å². The first kappa shape index (κ1) is 30.6. The molecule has 2 amide bonds. The summed E-state index contributed by atoms with van der Waals surface area (Å²) in [4.78, 5) is 61.2. The number of carbonyl (C=O) groups excluding carboxylic acids is 4. The van der Waals surface area contributed by atoms with Gasteiger partial charge in [-0.25, -0.2) is 0 Å². The first-order valence-electron chi connectivity index (χ1n) is 17.1. The number of allylic oxidation sites excluding steroid dienone is 4. The molecule has 1 aromatic heterocycles. The summed E-state index contributed by atoms with van der Waals surface area (Å²) in [5.74, 6) is -3.63. The third-order valence-electron chi connectivity index (χ3n) is 11.6. The van der Waals surface area contributed by atoms with E-state index >= 15 is 9.59 Å². The molecule has 9 rings (SSSR count). The second-order valence-electron chi connectivity index (χ2n) is 13.8. The van der Waals surface area contributed by atoms with Gasteiger partial charge in [0.15, 0.2) is 11.6 Å². The number of aromatic hydroxyl groups is 1. The summed E-state index contributed by atoms with van der Waals surface area (Å²) in [6, 6.07) is 33.8.